The lowest BCUT2D eigenvalue weighted by molar-refractivity contribution is 0.0947. The molecule has 1 amide bonds. The molecule has 0 radical (unpaired) electrons. The summed E-state index contributed by atoms with van der Waals surface area (Å²) in [6, 6.07) is 21.7. The smallest absolute Gasteiger partial charge is 0.264 e. The number of thiazole rings is 1. The topological polar surface area (TPSA) is 85.9 Å². The highest BCUT2D eigenvalue weighted by atomic mass is 35.5. The Morgan fingerprint density at radius 3 is 2.34 bits per heavy atom. The molecule has 1 aliphatic heterocycles. The third-order valence-corrected chi connectivity index (χ3v) is 10.2. The van der Waals surface area contributed by atoms with Crippen LogP contribution in [0.3, 0.4) is 0 Å². The van der Waals surface area contributed by atoms with Gasteiger partial charge in [-0.25, -0.2) is 13.4 Å². The van der Waals surface area contributed by atoms with Crippen molar-refractivity contribution in [2.45, 2.75) is 25.2 Å². The Hall–Kier alpha value is -3.18. The van der Waals surface area contributed by atoms with Crippen molar-refractivity contribution in [1.29, 1.82) is 0 Å². The van der Waals surface area contributed by atoms with Crippen LogP contribution in [0.25, 0.3) is 10.2 Å². The number of para-hydroxylation sites is 1. The number of hydrogen-bond donors (Lipinski definition) is 1. The molecule has 0 unspecified atom stereocenters. The number of piperazine rings is 1. The SMILES string of the molecule is CCc1ccc2nc(N3CCN(CCNC(=O)c4ccc(S(=O)(=O)N(CC)c5ccccc5)cc4)CC3)sc2c1.Cl. The maximum atomic E-state index is 13.2. The molecule has 2 heterocycles. The first kappa shape index (κ1) is 30.8. The van der Waals surface area contributed by atoms with Crippen molar-refractivity contribution >= 4 is 60.7 Å². The minimum absolute atomic E-state index is 0. The molecular weight excluding hydrogens is 578 g/mol. The van der Waals surface area contributed by atoms with Gasteiger partial charge in [0.05, 0.1) is 20.8 Å². The number of carbonyl (C=O) groups is 1. The summed E-state index contributed by atoms with van der Waals surface area (Å²) in [4.78, 5) is 22.4. The first-order valence-corrected chi connectivity index (χ1v) is 16.0. The van der Waals surface area contributed by atoms with Gasteiger partial charge in [0.15, 0.2) is 5.13 Å². The maximum Gasteiger partial charge on any atom is 0.264 e. The number of benzene rings is 3. The Bertz CT molecular complexity index is 1550. The third-order valence-electron chi connectivity index (χ3n) is 7.24. The van der Waals surface area contributed by atoms with Gasteiger partial charge in [-0.2, -0.15) is 0 Å². The zero-order chi connectivity index (χ0) is 28.1. The van der Waals surface area contributed by atoms with Crippen LogP contribution in [-0.4, -0.2) is 70.0 Å². The number of hydrogen-bond acceptors (Lipinski definition) is 7. The second kappa shape index (κ2) is 13.7. The van der Waals surface area contributed by atoms with Crippen molar-refractivity contribution in [2.24, 2.45) is 0 Å². The van der Waals surface area contributed by atoms with Crippen LogP contribution in [0.15, 0.2) is 77.7 Å². The molecule has 3 aromatic carbocycles. The van der Waals surface area contributed by atoms with Gasteiger partial charge in [-0.15, -0.1) is 12.4 Å². The molecular formula is C30H36ClN5O3S2. The third kappa shape index (κ3) is 7.01. The summed E-state index contributed by atoms with van der Waals surface area (Å²) in [7, 11) is -3.73. The molecule has 1 N–H and O–H groups in total. The van der Waals surface area contributed by atoms with E-state index >= 15 is 0 Å². The van der Waals surface area contributed by atoms with Gasteiger partial charge in [0.2, 0.25) is 0 Å². The zero-order valence-electron chi connectivity index (χ0n) is 23.3. The largest absolute Gasteiger partial charge is 0.351 e. The van der Waals surface area contributed by atoms with E-state index in [-0.39, 0.29) is 23.2 Å². The Labute approximate surface area is 252 Å². The molecule has 1 aromatic heterocycles. The van der Waals surface area contributed by atoms with Crippen molar-refractivity contribution in [3.05, 3.63) is 83.9 Å². The van der Waals surface area contributed by atoms with Gasteiger partial charge in [0.25, 0.3) is 15.9 Å². The minimum Gasteiger partial charge on any atom is -0.351 e. The van der Waals surface area contributed by atoms with Crippen molar-refractivity contribution in [1.82, 2.24) is 15.2 Å². The second-order valence-electron chi connectivity index (χ2n) is 9.77. The number of aryl methyl sites for hydroxylation is 1. The van der Waals surface area contributed by atoms with E-state index in [1.165, 1.54) is 26.7 Å². The molecule has 8 nitrogen and oxygen atoms in total. The van der Waals surface area contributed by atoms with Crippen LogP contribution >= 0.6 is 23.7 Å². The summed E-state index contributed by atoms with van der Waals surface area (Å²) in [5.41, 5.74) is 3.44. The number of sulfonamides is 1. The fraction of sp³-hybridized carbons (Fsp3) is 0.333. The average Bonchev–Trinajstić information content (AvgIpc) is 3.42. The second-order valence-corrected chi connectivity index (χ2v) is 12.6. The number of nitrogens with one attached hydrogen (secondary N) is 1. The van der Waals surface area contributed by atoms with E-state index in [9.17, 15) is 13.2 Å². The lowest BCUT2D eigenvalue weighted by Crippen LogP contribution is -2.48. The first-order valence-electron chi connectivity index (χ1n) is 13.7. The van der Waals surface area contributed by atoms with Crippen molar-refractivity contribution in [3.8, 4) is 0 Å². The monoisotopic (exact) mass is 613 g/mol. The fourth-order valence-corrected chi connectivity index (χ4v) is 7.45. The van der Waals surface area contributed by atoms with E-state index in [1.54, 1.807) is 42.5 Å². The van der Waals surface area contributed by atoms with E-state index in [0.29, 0.717) is 24.3 Å². The first-order chi connectivity index (χ1) is 19.4. The van der Waals surface area contributed by atoms with E-state index < -0.39 is 10.0 Å². The van der Waals surface area contributed by atoms with E-state index in [2.05, 4.69) is 40.2 Å². The predicted molar refractivity (Wildman–Crippen MR) is 170 cm³/mol. The number of halogens is 1. The molecule has 0 spiro atoms. The van der Waals surface area contributed by atoms with Crippen LogP contribution in [0, 0.1) is 0 Å². The Balaban J connectivity index is 0.00000387. The predicted octanol–water partition coefficient (Wildman–Crippen LogP) is 5.05. The highest BCUT2D eigenvalue weighted by molar-refractivity contribution is 7.92. The lowest BCUT2D eigenvalue weighted by Gasteiger charge is -2.34. The quantitative estimate of drug-likeness (QED) is 0.270. The van der Waals surface area contributed by atoms with Gasteiger partial charge in [0.1, 0.15) is 0 Å². The number of fused-ring (bicyclic) bond motifs is 1. The summed E-state index contributed by atoms with van der Waals surface area (Å²) in [6.07, 6.45) is 1.03. The Kier molecular flexibility index (Phi) is 10.2. The van der Waals surface area contributed by atoms with Crippen LogP contribution in [0.1, 0.15) is 29.8 Å². The van der Waals surface area contributed by atoms with E-state index in [1.807, 2.05) is 18.2 Å². The standard InChI is InChI=1S/C30H35N5O3S2.ClH/c1-3-23-10-15-27-28(22-23)39-30(32-27)34-20-18-33(19-21-34)17-16-31-29(36)24-11-13-26(14-12-24)40(37,38)35(4-2)25-8-6-5-7-9-25;/h5-15,22H,3-4,16-21H2,1-2H3,(H,31,36);1H. The summed E-state index contributed by atoms with van der Waals surface area (Å²) in [6.45, 7) is 9.19. The van der Waals surface area contributed by atoms with Crippen LogP contribution in [-0.2, 0) is 16.4 Å². The van der Waals surface area contributed by atoms with Gasteiger partial charge in [-0.05, 0) is 67.4 Å². The lowest BCUT2D eigenvalue weighted by atomic mass is 10.2. The maximum absolute atomic E-state index is 13.2. The van der Waals surface area contributed by atoms with Crippen molar-refractivity contribution in [3.63, 3.8) is 0 Å². The molecule has 1 aliphatic rings. The van der Waals surface area contributed by atoms with Crippen molar-refractivity contribution < 1.29 is 13.2 Å². The molecule has 0 bridgehead atoms. The minimum atomic E-state index is -3.73. The summed E-state index contributed by atoms with van der Waals surface area (Å²) in [5.74, 6) is -0.209. The number of anilines is 2. The molecule has 4 aromatic rings. The number of amides is 1. The highest BCUT2D eigenvalue weighted by Gasteiger charge is 2.24. The van der Waals surface area contributed by atoms with Gasteiger partial charge in [-0.1, -0.05) is 42.5 Å². The van der Waals surface area contributed by atoms with Crippen LogP contribution < -0.4 is 14.5 Å². The molecule has 1 saturated heterocycles. The molecule has 218 valence electrons. The molecule has 0 aliphatic carbocycles. The van der Waals surface area contributed by atoms with Crippen LogP contribution in [0.5, 0.6) is 0 Å². The van der Waals surface area contributed by atoms with E-state index in [4.69, 9.17) is 4.98 Å². The number of aromatic nitrogens is 1. The zero-order valence-corrected chi connectivity index (χ0v) is 25.8. The fourth-order valence-electron chi connectivity index (χ4n) is 4.90. The van der Waals surface area contributed by atoms with Crippen LogP contribution in [0.2, 0.25) is 0 Å². The Morgan fingerprint density at radius 2 is 1.68 bits per heavy atom. The molecule has 0 saturated carbocycles. The summed E-state index contributed by atoms with van der Waals surface area (Å²) >= 11 is 1.76. The number of rotatable bonds is 10. The number of nitrogens with zero attached hydrogens (tertiary/aromatic N) is 4. The van der Waals surface area contributed by atoms with Gasteiger partial charge in [-0.3, -0.25) is 14.0 Å². The number of carbonyl (C=O) groups excluding carboxylic acids is 1. The molecule has 0 atom stereocenters. The average molecular weight is 614 g/mol. The highest BCUT2D eigenvalue weighted by Crippen LogP contribution is 2.30. The Morgan fingerprint density at radius 1 is 0.976 bits per heavy atom. The summed E-state index contributed by atoms with van der Waals surface area (Å²) in [5, 5.41) is 4.05. The molecule has 41 heavy (non-hydrogen) atoms. The van der Waals surface area contributed by atoms with Gasteiger partial charge >= 0.3 is 0 Å². The molecule has 1 fully saturated rings. The van der Waals surface area contributed by atoms with Crippen LogP contribution in [0.4, 0.5) is 10.8 Å². The van der Waals surface area contributed by atoms with E-state index in [0.717, 1.165) is 49.8 Å². The van der Waals surface area contributed by atoms with Gasteiger partial charge in [0, 0.05) is 51.4 Å². The van der Waals surface area contributed by atoms with Crippen molar-refractivity contribution in [2.75, 3.05) is 55.0 Å². The van der Waals surface area contributed by atoms with Gasteiger partial charge < -0.3 is 10.2 Å². The molecule has 5 rings (SSSR count). The molecule has 11 heteroatoms. The normalized spacial score (nSPS) is 14.0. The summed E-state index contributed by atoms with van der Waals surface area (Å²) < 4.78 is 29.0.